The maximum absolute atomic E-state index is 13.4. The van der Waals surface area contributed by atoms with Gasteiger partial charge in [-0.25, -0.2) is 0 Å². The van der Waals surface area contributed by atoms with Gasteiger partial charge in [0.25, 0.3) is 5.91 Å². The average molecular weight is 584 g/mol. The summed E-state index contributed by atoms with van der Waals surface area (Å²) in [5.41, 5.74) is 1.77. The van der Waals surface area contributed by atoms with Gasteiger partial charge in [-0.3, -0.25) is 9.59 Å². The van der Waals surface area contributed by atoms with Gasteiger partial charge < -0.3 is 15.0 Å². The van der Waals surface area contributed by atoms with Crippen LogP contribution in [0.2, 0.25) is 10.0 Å². The number of nitrogens with zero attached hydrogens (tertiary/aromatic N) is 1. The molecule has 1 atom stereocenters. The van der Waals surface area contributed by atoms with Gasteiger partial charge in [0, 0.05) is 28.2 Å². The molecule has 2 aromatic carbocycles. The summed E-state index contributed by atoms with van der Waals surface area (Å²) in [6.07, 6.45) is 5.34. The lowest BCUT2D eigenvalue weighted by molar-refractivity contribution is -0.142. The zero-order valence-corrected chi connectivity index (χ0v) is 23.5. The number of hydrogen-bond acceptors (Lipinski definition) is 3. The molecule has 2 amide bonds. The maximum Gasteiger partial charge on any atom is 0.261 e. The zero-order chi connectivity index (χ0) is 25.5. The number of rotatable bonds is 9. The minimum atomic E-state index is -0.716. The Hall–Kier alpha value is -1.76. The SMILES string of the molecule is CC(C)c1ccc(OCC(=O)N(Cc2c(Cl)cccc2Cl)[C@@H](C)C(=O)NC2CCCCC2)c(Br)c1. The van der Waals surface area contributed by atoms with E-state index in [1.54, 1.807) is 25.1 Å². The third-order valence-corrected chi connectivity index (χ3v) is 7.81. The van der Waals surface area contributed by atoms with Crippen LogP contribution in [0.1, 0.15) is 69.9 Å². The highest BCUT2D eigenvalue weighted by molar-refractivity contribution is 9.10. The number of halogens is 3. The van der Waals surface area contributed by atoms with E-state index in [4.69, 9.17) is 27.9 Å². The molecule has 3 rings (SSSR count). The predicted octanol–water partition coefficient (Wildman–Crippen LogP) is 7.12. The fourth-order valence-corrected chi connectivity index (χ4v) is 5.25. The third-order valence-electron chi connectivity index (χ3n) is 6.48. The lowest BCUT2D eigenvalue weighted by Crippen LogP contribution is -2.51. The van der Waals surface area contributed by atoms with Crippen molar-refractivity contribution in [3.05, 3.63) is 62.0 Å². The van der Waals surface area contributed by atoms with Crippen LogP contribution in [0, 0.1) is 0 Å². The van der Waals surface area contributed by atoms with E-state index in [0.717, 1.165) is 30.2 Å². The van der Waals surface area contributed by atoms with Crippen LogP contribution in [-0.2, 0) is 16.1 Å². The molecular formula is C27H33BrCl2N2O3. The Morgan fingerprint density at radius 3 is 2.34 bits per heavy atom. The Bertz CT molecular complexity index is 1020. The van der Waals surface area contributed by atoms with Gasteiger partial charge in [0.2, 0.25) is 5.91 Å². The van der Waals surface area contributed by atoms with Gasteiger partial charge in [-0.15, -0.1) is 0 Å². The van der Waals surface area contributed by atoms with Gasteiger partial charge in [-0.1, -0.05) is 68.4 Å². The second-order valence-corrected chi connectivity index (χ2v) is 11.0. The molecule has 0 radical (unpaired) electrons. The molecule has 35 heavy (non-hydrogen) atoms. The van der Waals surface area contributed by atoms with E-state index in [1.165, 1.54) is 16.9 Å². The molecule has 1 fully saturated rings. The maximum atomic E-state index is 13.4. The highest BCUT2D eigenvalue weighted by Gasteiger charge is 2.29. The summed E-state index contributed by atoms with van der Waals surface area (Å²) in [5.74, 6) is 0.433. The van der Waals surface area contributed by atoms with Crippen molar-refractivity contribution in [1.82, 2.24) is 10.2 Å². The number of carbonyl (C=O) groups excluding carboxylic acids is 2. The minimum Gasteiger partial charge on any atom is -0.483 e. The molecule has 1 aliphatic carbocycles. The van der Waals surface area contributed by atoms with Gasteiger partial charge in [0.1, 0.15) is 11.8 Å². The average Bonchev–Trinajstić information content (AvgIpc) is 2.83. The van der Waals surface area contributed by atoms with Crippen molar-refractivity contribution in [3.8, 4) is 5.75 Å². The molecule has 0 heterocycles. The lowest BCUT2D eigenvalue weighted by Gasteiger charge is -2.31. The van der Waals surface area contributed by atoms with E-state index in [0.29, 0.717) is 27.3 Å². The quantitative estimate of drug-likeness (QED) is 0.342. The van der Waals surface area contributed by atoms with Crippen LogP contribution in [0.15, 0.2) is 40.9 Å². The van der Waals surface area contributed by atoms with Gasteiger partial charge in [-0.05, 0) is 71.4 Å². The van der Waals surface area contributed by atoms with Crippen molar-refractivity contribution in [3.63, 3.8) is 0 Å². The summed E-state index contributed by atoms with van der Waals surface area (Å²) in [6.45, 7) is 5.84. The van der Waals surface area contributed by atoms with Crippen molar-refractivity contribution in [2.75, 3.05) is 6.61 Å². The van der Waals surface area contributed by atoms with Crippen LogP contribution in [0.5, 0.6) is 5.75 Å². The van der Waals surface area contributed by atoms with Crippen molar-refractivity contribution >= 4 is 50.9 Å². The Balaban J connectivity index is 1.77. The van der Waals surface area contributed by atoms with Crippen LogP contribution in [0.25, 0.3) is 0 Å². The first-order chi connectivity index (χ1) is 16.7. The van der Waals surface area contributed by atoms with Gasteiger partial charge in [-0.2, -0.15) is 0 Å². The third kappa shape index (κ3) is 7.61. The Labute approximate surface area is 226 Å². The van der Waals surface area contributed by atoms with Gasteiger partial charge in [0.05, 0.1) is 4.47 Å². The summed E-state index contributed by atoms with van der Waals surface area (Å²) in [7, 11) is 0. The summed E-state index contributed by atoms with van der Waals surface area (Å²) in [6, 6.07) is 10.5. The molecule has 2 aromatic rings. The first-order valence-electron chi connectivity index (χ1n) is 12.1. The Morgan fingerprint density at radius 2 is 1.74 bits per heavy atom. The molecule has 5 nitrogen and oxygen atoms in total. The molecular weight excluding hydrogens is 551 g/mol. The molecule has 0 saturated heterocycles. The number of ether oxygens (including phenoxy) is 1. The van der Waals surface area contributed by atoms with Crippen LogP contribution in [-0.4, -0.2) is 35.4 Å². The van der Waals surface area contributed by atoms with E-state index in [9.17, 15) is 9.59 Å². The number of nitrogens with one attached hydrogen (secondary N) is 1. The number of amides is 2. The van der Waals surface area contributed by atoms with Crippen molar-refractivity contribution in [1.29, 1.82) is 0 Å². The van der Waals surface area contributed by atoms with Gasteiger partial charge >= 0.3 is 0 Å². The van der Waals surface area contributed by atoms with E-state index in [-0.39, 0.29) is 31.0 Å². The molecule has 0 unspecified atom stereocenters. The van der Waals surface area contributed by atoms with E-state index in [1.807, 2.05) is 18.2 Å². The number of hydrogen-bond donors (Lipinski definition) is 1. The van der Waals surface area contributed by atoms with Crippen molar-refractivity contribution in [2.45, 2.75) is 77.4 Å². The van der Waals surface area contributed by atoms with Gasteiger partial charge in [0.15, 0.2) is 6.61 Å². The first kappa shape index (κ1) is 27.8. The summed E-state index contributed by atoms with van der Waals surface area (Å²) < 4.78 is 6.63. The molecule has 1 aliphatic rings. The molecule has 0 aromatic heterocycles. The molecule has 0 bridgehead atoms. The highest BCUT2D eigenvalue weighted by atomic mass is 79.9. The second-order valence-electron chi connectivity index (χ2n) is 9.37. The molecule has 1 N–H and O–H groups in total. The van der Waals surface area contributed by atoms with Crippen molar-refractivity contribution < 1.29 is 14.3 Å². The fourth-order valence-electron chi connectivity index (χ4n) is 4.22. The largest absolute Gasteiger partial charge is 0.483 e. The smallest absolute Gasteiger partial charge is 0.261 e. The monoisotopic (exact) mass is 582 g/mol. The summed E-state index contributed by atoms with van der Waals surface area (Å²) in [5, 5.41) is 4.02. The predicted molar refractivity (Wildman–Crippen MR) is 145 cm³/mol. The Kier molecular flexibility index (Phi) is 10.3. The minimum absolute atomic E-state index is 0.105. The molecule has 1 saturated carbocycles. The molecule has 190 valence electrons. The van der Waals surface area contributed by atoms with Crippen LogP contribution in [0.4, 0.5) is 0 Å². The Morgan fingerprint density at radius 1 is 1.09 bits per heavy atom. The topological polar surface area (TPSA) is 58.6 Å². The van der Waals surface area contributed by atoms with Crippen LogP contribution < -0.4 is 10.1 Å². The number of benzene rings is 2. The van der Waals surface area contributed by atoms with Crippen LogP contribution >= 0.6 is 39.1 Å². The summed E-state index contributed by atoms with van der Waals surface area (Å²) in [4.78, 5) is 28.0. The normalized spacial score (nSPS) is 15.1. The molecule has 0 aliphatic heterocycles. The van der Waals surface area contributed by atoms with E-state index < -0.39 is 6.04 Å². The van der Waals surface area contributed by atoms with Crippen LogP contribution in [0.3, 0.4) is 0 Å². The standard InChI is InChI=1S/C27H33BrCl2N2O3/c1-17(2)19-12-13-25(22(28)14-19)35-16-26(33)32(15-21-23(29)10-7-11-24(21)30)18(3)27(34)31-20-8-5-4-6-9-20/h7,10-14,17-18,20H,4-6,8-9,15-16H2,1-3H3,(H,31,34)/t18-/m0/s1. The fraction of sp³-hybridized carbons (Fsp3) is 0.481. The highest BCUT2D eigenvalue weighted by Crippen LogP contribution is 2.30. The van der Waals surface area contributed by atoms with E-state index in [2.05, 4.69) is 35.1 Å². The lowest BCUT2D eigenvalue weighted by atomic mass is 9.95. The zero-order valence-electron chi connectivity index (χ0n) is 20.5. The molecule has 0 spiro atoms. The number of carbonyl (C=O) groups is 2. The van der Waals surface area contributed by atoms with E-state index >= 15 is 0 Å². The first-order valence-corrected chi connectivity index (χ1v) is 13.7. The molecule has 8 heteroatoms. The summed E-state index contributed by atoms with van der Waals surface area (Å²) >= 11 is 16.3. The second kappa shape index (κ2) is 13.0. The van der Waals surface area contributed by atoms with Crippen molar-refractivity contribution in [2.24, 2.45) is 0 Å².